The minimum Gasteiger partial charge on any atom is -0.0776 e. The van der Waals surface area contributed by atoms with E-state index in [0.717, 1.165) is 47.3 Å². The Labute approximate surface area is 212 Å². The molecule has 0 radical (unpaired) electrons. The largest absolute Gasteiger partial charge is 0.0776 e. The Bertz CT molecular complexity index is 274. The van der Waals surface area contributed by atoms with E-state index in [1.807, 2.05) is 0 Å². The molecule has 0 amide bonds. The van der Waals surface area contributed by atoms with Crippen molar-refractivity contribution in [1.82, 2.24) is 0 Å². The number of hydrogen-bond acceptors (Lipinski definition) is 0. The van der Waals surface area contributed by atoms with Crippen LogP contribution in [-0.4, -0.2) is 0 Å². The molecule has 0 aliphatic heterocycles. The highest BCUT2D eigenvalue weighted by atomic mass is 14.2. The summed E-state index contributed by atoms with van der Waals surface area (Å²) >= 11 is 0. The smallest absolute Gasteiger partial charge is 0.0443 e. The van der Waals surface area contributed by atoms with E-state index in [1.165, 1.54) is 103 Å². The van der Waals surface area contributed by atoms with E-state index in [2.05, 4.69) is 55.4 Å². The van der Waals surface area contributed by atoms with Crippen molar-refractivity contribution in [1.29, 1.82) is 0 Å². The topological polar surface area (TPSA) is 0 Å². The molecule has 0 bridgehead atoms. The highest BCUT2D eigenvalue weighted by molar-refractivity contribution is 4.67. The van der Waals surface area contributed by atoms with Crippen LogP contribution < -0.4 is 0 Å². The Kier molecular flexibility index (Phi) is 19.2. The van der Waals surface area contributed by atoms with Gasteiger partial charge in [-0.15, -0.1) is 0 Å². The van der Waals surface area contributed by atoms with E-state index >= 15 is 0 Å². The fourth-order valence-corrected chi connectivity index (χ4v) is 5.71. The third kappa shape index (κ3) is 18.0. The molecular weight excluding hydrogens is 396 g/mol. The normalized spacial score (nSPS) is 38.5. The van der Waals surface area contributed by atoms with Gasteiger partial charge in [-0.2, -0.15) is 0 Å². The first-order valence-corrected chi connectivity index (χ1v) is 15.2. The molecule has 33 heavy (non-hydrogen) atoms. The third-order valence-electron chi connectivity index (χ3n) is 9.22. The second kappa shape index (κ2) is 19.2. The summed E-state index contributed by atoms with van der Waals surface area (Å²) < 4.78 is 0. The molecule has 0 aromatic carbocycles. The monoisotopic (exact) mass is 465 g/mol. The van der Waals surface area contributed by atoms with Gasteiger partial charge in [0.15, 0.2) is 0 Å². The summed E-state index contributed by atoms with van der Waals surface area (Å²) in [6.07, 6.45) is 23.6. The molecule has 0 saturated heterocycles. The van der Waals surface area contributed by atoms with Crippen LogP contribution in [0.2, 0.25) is 0 Å². The Hall–Kier alpha value is 0. The molecule has 0 aromatic heterocycles. The predicted molar refractivity (Wildman–Crippen MR) is 154 cm³/mol. The summed E-state index contributed by atoms with van der Waals surface area (Å²) in [5.41, 5.74) is 0. The van der Waals surface area contributed by atoms with E-state index in [-0.39, 0.29) is 7.43 Å². The van der Waals surface area contributed by atoms with E-state index < -0.39 is 0 Å². The zero-order chi connectivity index (χ0) is 23.9. The van der Waals surface area contributed by atoms with Crippen molar-refractivity contribution in [3.63, 3.8) is 0 Å². The van der Waals surface area contributed by atoms with Crippen LogP contribution in [0.5, 0.6) is 0 Å². The summed E-state index contributed by atoms with van der Waals surface area (Å²) in [5.74, 6) is 8.16. The van der Waals surface area contributed by atoms with Gasteiger partial charge in [0.2, 0.25) is 0 Å². The second-order valence-corrected chi connectivity index (χ2v) is 13.5. The molecule has 0 aromatic rings. The molecule has 0 spiro atoms. The van der Waals surface area contributed by atoms with Crippen molar-refractivity contribution in [2.24, 2.45) is 47.3 Å². The molecule has 0 unspecified atom stereocenters. The quantitative estimate of drug-likeness (QED) is 0.334. The minimum atomic E-state index is 0. The molecule has 4 rings (SSSR count). The summed E-state index contributed by atoms with van der Waals surface area (Å²) in [6.45, 7) is 18.9. The van der Waals surface area contributed by atoms with Crippen LogP contribution in [0, 0.1) is 47.3 Å². The van der Waals surface area contributed by atoms with E-state index in [9.17, 15) is 0 Å². The lowest BCUT2D eigenvalue weighted by Crippen LogP contribution is -2.08. The molecule has 200 valence electrons. The first-order chi connectivity index (χ1) is 15.2. The van der Waals surface area contributed by atoms with Crippen LogP contribution in [-0.2, 0) is 0 Å². The Morgan fingerprint density at radius 3 is 0.333 bits per heavy atom. The SMILES string of the molecule is C.CC1CCC(C)CC1.CC1CCC(C)CC1.CC1CCC(C)CC1.CC1CCC(C)CC1. The van der Waals surface area contributed by atoms with Gasteiger partial charge in [0.1, 0.15) is 0 Å². The van der Waals surface area contributed by atoms with Crippen molar-refractivity contribution in [3.8, 4) is 0 Å². The standard InChI is InChI=1S/4C8H16.CH4/c4*1-7-3-5-8(2)6-4-7;/h4*7-8H,3-6H2,1-2H3;1H4. The van der Waals surface area contributed by atoms with Gasteiger partial charge < -0.3 is 0 Å². The minimum absolute atomic E-state index is 0. The highest BCUT2D eigenvalue weighted by Gasteiger charge is 2.15. The summed E-state index contributed by atoms with van der Waals surface area (Å²) in [5, 5.41) is 0. The molecule has 4 fully saturated rings. The van der Waals surface area contributed by atoms with E-state index in [0.29, 0.717) is 0 Å². The van der Waals surface area contributed by atoms with Gasteiger partial charge in [0, 0.05) is 0 Å². The first kappa shape index (κ1) is 33.0. The Balaban J connectivity index is 0.000000410. The van der Waals surface area contributed by atoms with Crippen molar-refractivity contribution < 1.29 is 0 Å². The average Bonchev–Trinajstić information content (AvgIpc) is 2.78. The van der Waals surface area contributed by atoms with Crippen molar-refractivity contribution >= 4 is 0 Å². The van der Waals surface area contributed by atoms with E-state index in [1.54, 1.807) is 0 Å². The number of hydrogen-bond donors (Lipinski definition) is 0. The maximum atomic E-state index is 2.37. The maximum absolute atomic E-state index is 2.37. The van der Waals surface area contributed by atoms with Gasteiger partial charge >= 0.3 is 0 Å². The molecule has 0 heteroatoms. The molecule has 0 nitrogen and oxygen atoms in total. The molecular formula is C33H68. The molecule has 0 heterocycles. The summed E-state index contributed by atoms with van der Waals surface area (Å²) in [6, 6.07) is 0. The van der Waals surface area contributed by atoms with Gasteiger partial charge in [-0.25, -0.2) is 0 Å². The van der Waals surface area contributed by atoms with Crippen LogP contribution in [0.4, 0.5) is 0 Å². The van der Waals surface area contributed by atoms with Gasteiger partial charge in [0.25, 0.3) is 0 Å². The predicted octanol–water partition coefficient (Wildman–Crippen LogP) is 12.0. The fourth-order valence-electron chi connectivity index (χ4n) is 5.71. The Morgan fingerprint density at radius 1 is 0.212 bits per heavy atom. The van der Waals surface area contributed by atoms with Crippen molar-refractivity contribution in [2.75, 3.05) is 0 Å². The summed E-state index contributed by atoms with van der Waals surface area (Å²) in [4.78, 5) is 0. The highest BCUT2D eigenvalue weighted by Crippen LogP contribution is 2.29. The summed E-state index contributed by atoms with van der Waals surface area (Å²) in [7, 11) is 0. The third-order valence-corrected chi connectivity index (χ3v) is 9.22. The van der Waals surface area contributed by atoms with Gasteiger partial charge in [-0.1, -0.05) is 166 Å². The lowest BCUT2D eigenvalue weighted by Gasteiger charge is -2.22. The van der Waals surface area contributed by atoms with Crippen LogP contribution in [0.3, 0.4) is 0 Å². The van der Waals surface area contributed by atoms with Gasteiger partial charge in [-0.05, 0) is 47.3 Å². The molecule has 4 aliphatic rings. The Morgan fingerprint density at radius 2 is 0.273 bits per heavy atom. The van der Waals surface area contributed by atoms with Crippen LogP contribution in [0.1, 0.15) is 166 Å². The zero-order valence-corrected chi connectivity index (χ0v) is 23.9. The molecule has 0 N–H and O–H groups in total. The van der Waals surface area contributed by atoms with Crippen LogP contribution in [0.15, 0.2) is 0 Å². The van der Waals surface area contributed by atoms with E-state index in [4.69, 9.17) is 0 Å². The second-order valence-electron chi connectivity index (χ2n) is 13.5. The van der Waals surface area contributed by atoms with Gasteiger partial charge in [-0.3, -0.25) is 0 Å². The average molecular weight is 465 g/mol. The number of rotatable bonds is 0. The van der Waals surface area contributed by atoms with Crippen molar-refractivity contribution in [3.05, 3.63) is 0 Å². The maximum Gasteiger partial charge on any atom is -0.0443 e. The molecule has 4 saturated carbocycles. The zero-order valence-electron chi connectivity index (χ0n) is 23.9. The van der Waals surface area contributed by atoms with Crippen molar-refractivity contribution in [2.45, 2.75) is 166 Å². The fraction of sp³-hybridized carbons (Fsp3) is 1.00. The molecule has 0 atom stereocenters. The molecule has 4 aliphatic carbocycles. The van der Waals surface area contributed by atoms with Crippen LogP contribution in [0.25, 0.3) is 0 Å². The lowest BCUT2D eigenvalue weighted by molar-refractivity contribution is 0.308. The first-order valence-electron chi connectivity index (χ1n) is 15.2. The van der Waals surface area contributed by atoms with Crippen LogP contribution >= 0.6 is 0 Å². The van der Waals surface area contributed by atoms with Gasteiger partial charge in [0.05, 0.1) is 0 Å². The lowest BCUT2D eigenvalue weighted by atomic mass is 9.84.